The maximum absolute atomic E-state index is 13.4. The molecule has 8 heteroatoms. The number of ether oxygens (including phenoxy) is 1. The first-order valence-corrected chi connectivity index (χ1v) is 11.2. The van der Waals surface area contributed by atoms with Gasteiger partial charge in [0, 0.05) is 0 Å². The summed E-state index contributed by atoms with van der Waals surface area (Å²) in [5.41, 5.74) is -0.276. The van der Waals surface area contributed by atoms with Crippen LogP contribution in [0.15, 0.2) is 65.6 Å². The molecule has 148 valence electrons. The Kier molecular flexibility index (Phi) is 5.30. The molecule has 1 fully saturated rings. The van der Waals surface area contributed by atoms with E-state index in [1.807, 2.05) is 0 Å². The lowest BCUT2D eigenvalue weighted by Gasteiger charge is -2.50. The molecular weight excluding hydrogens is 493 g/mol. The third-order valence-electron chi connectivity index (χ3n) is 4.27. The van der Waals surface area contributed by atoms with E-state index in [9.17, 15) is 18.0 Å². The van der Waals surface area contributed by atoms with Crippen LogP contribution >= 0.6 is 22.6 Å². The molecule has 3 rings (SSSR count). The molecule has 0 spiro atoms. The van der Waals surface area contributed by atoms with Crippen LogP contribution in [0.4, 0.5) is 4.79 Å². The zero-order valence-electron chi connectivity index (χ0n) is 15.6. The molecule has 2 aromatic carbocycles. The Morgan fingerprint density at radius 3 is 2.04 bits per heavy atom. The van der Waals surface area contributed by atoms with Gasteiger partial charge in [-0.3, -0.25) is 4.79 Å². The van der Waals surface area contributed by atoms with Gasteiger partial charge in [0.2, 0.25) is 12.6 Å². The summed E-state index contributed by atoms with van der Waals surface area (Å²) < 4.78 is 30.3. The number of alkyl halides is 1. The van der Waals surface area contributed by atoms with Crippen LogP contribution in [0.25, 0.3) is 0 Å². The van der Waals surface area contributed by atoms with Crippen LogP contribution in [0.3, 0.4) is 0 Å². The van der Waals surface area contributed by atoms with Gasteiger partial charge in [0.05, 0.1) is 4.90 Å². The molecule has 1 saturated heterocycles. The summed E-state index contributed by atoms with van der Waals surface area (Å²) in [5.74, 6) is -0.806. The van der Waals surface area contributed by atoms with Crippen molar-refractivity contribution in [2.45, 2.75) is 40.1 Å². The minimum absolute atomic E-state index is 0.0301. The molecule has 1 aliphatic heterocycles. The van der Waals surface area contributed by atoms with E-state index in [1.165, 1.54) is 12.1 Å². The first-order valence-electron chi connectivity index (χ1n) is 8.60. The standard InChI is InChI=1S/C20H20INO5S/c1-19(2,3)27-18(24)22-16(14-10-6-4-7-11-14)20(21,17(22)23)28(25,26)15-12-8-5-9-13-15/h4-13,16H,1-3H3/t16-,20-/m0/s1. The van der Waals surface area contributed by atoms with E-state index >= 15 is 0 Å². The summed E-state index contributed by atoms with van der Waals surface area (Å²) in [5, 5.41) is 0. The second-order valence-corrected chi connectivity index (χ2v) is 12.0. The van der Waals surface area contributed by atoms with E-state index in [0.29, 0.717) is 5.56 Å². The summed E-state index contributed by atoms with van der Waals surface area (Å²) in [7, 11) is -4.07. The molecule has 0 aliphatic carbocycles. The van der Waals surface area contributed by atoms with Crippen molar-refractivity contribution in [3.8, 4) is 0 Å². The average molecular weight is 513 g/mol. The van der Waals surface area contributed by atoms with Gasteiger partial charge >= 0.3 is 6.09 Å². The fourth-order valence-corrected chi connectivity index (χ4v) is 6.41. The first-order chi connectivity index (χ1) is 13.0. The highest BCUT2D eigenvalue weighted by molar-refractivity contribution is 14.1. The zero-order valence-corrected chi connectivity index (χ0v) is 18.6. The molecule has 2 amide bonds. The van der Waals surface area contributed by atoms with Gasteiger partial charge in [-0.05, 0) is 61.1 Å². The molecule has 28 heavy (non-hydrogen) atoms. The van der Waals surface area contributed by atoms with Gasteiger partial charge in [0.25, 0.3) is 5.91 Å². The van der Waals surface area contributed by atoms with Crippen molar-refractivity contribution in [2.24, 2.45) is 0 Å². The third kappa shape index (κ3) is 3.32. The molecule has 1 heterocycles. The molecule has 0 saturated carbocycles. The van der Waals surface area contributed by atoms with Gasteiger partial charge < -0.3 is 4.74 Å². The molecule has 2 atom stereocenters. The van der Waals surface area contributed by atoms with Crippen molar-refractivity contribution in [1.82, 2.24) is 4.90 Å². The number of likely N-dealkylation sites (tertiary alicyclic amines) is 1. The average Bonchev–Trinajstić information content (AvgIpc) is 2.64. The minimum atomic E-state index is -4.07. The number of imide groups is 1. The van der Waals surface area contributed by atoms with E-state index < -0.39 is 36.2 Å². The Morgan fingerprint density at radius 1 is 1.04 bits per heavy atom. The van der Waals surface area contributed by atoms with Crippen LogP contribution in [0.5, 0.6) is 0 Å². The molecule has 2 aromatic rings. The third-order valence-corrected chi connectivity index (χ3v) is 9.13. The Morgan fingerprint density at radius 2 is 1.54 bits per heavy atom. The van der Waals surface area contributed by atoms with Crippen LogP contribution in [-0.4, -0.2) is 33.7 Å². The number of benzene rings is 2. The maximum atomic E-state index is 13.4. The fourth-order valence-electron chi connectivity index (χ4n) is 3.03. The molecule has 0 N–H and O–H groups in total. The van der Waals surface area contributed by atoms with E-state index in [0.717, 1.165) is 4.90 Å². The number of carbonyl (C=O) groups is 2. The minimum Gasteiger partial charge on any atom is -0.443 e. The number of rotatable bonds is 3. The molecule has 1 aliphatic rings. The zero-order chi connectivity index (χ0) is 20.7. The van der Waals surface area contributed by atoms with Crippen molar-refractivity contribution < 1.29 is 22.7 Å². The number of amides is 2. The first kappa shape index (κ1) is 20.8. The van der Waals surface area contributed by atoms with E-state index in [-0.39, 0.29) is 4.90 Å². The number of hydrogen-bond acceptors (Lipinski definition) is 5. The summed E-state index contributed by atoms with van der Waals surface area (Å²) >= 11 is 1.66. The summed E-state index contributed by atoms with van der Waals surface area (Å²) in [6.07, 6.45) is -0.859. The van der Waals surface area contributed by atoms with Gasteiger partial charge in [-0.2, -0.15) is 0 Å². The number of carbonyl (C=O) groups excluding carboxylic acids is 2. The second kappa shape index (κ2) is 7.14. The predicted molar refractivity (Wildman–Crippen MR) is 113 cm³/mol. The number of β-lactam (4-membered cyclic amide) rings is 1. The number of nitrogens with zero attached hydrogens (tertiary/aromatic N) is 1. The highest BCUT2D eigenvalue weighted by atomic mass is 127. The van der Waals surface area contributed by atoms with Gasteiger partial charge in [-0.1, -0.05) is 48.5 Å². The van der Waals surface area contributed by atoms with Crippen molar-refractivity contribution in [2.75, 3.05) is 0 Å². The molecule has 0 unspecified atom stereocenters. The van der Waals surface area contributed by atoms with Crippen molar-refractivity contribution in [3.63, 3.8) is 0 Å². The topological polar surface area (TPSA) is 80.8 Å². The second-order valence-electron chi connectivity index (χ2n) is 7.43. The molecular formula is C20H20INO5S. The van der Waals surface area contributed by atoms with Crippen LogP contribution in [0.2, 0.25) is 0 Å². The summed E-state index contributed by atoms with van der Waals surface area (Å²) in [6.45, 7) is 5.06. The Balaban J connectivity index is 2.11. The van der Waals surface area contributed by atoms with Gasteiger partial charge in [0.1, 0.15) is 11.6 Å². The SMILES string of the molecule is CC(C)(C)OC(=O)N1C(=O)[C@@](I)(S(=O)(=O)c2ccccc2)[C@@H]1c1ccccc1. The van der Waals surface area contributed by atoms with Crippen LogP contribution in [-0.2, 0) is 19.4 Å². The van der Waals surface area contributed by atoms with E-state index in [2.05, 4.69) is 0 Å². The summed E-state index contributed by atoms with van der Waals surface area (Å²) in [6, 6.07) is 15.4. The van der Waals surface area contributed by atoms with Gasteiger partial charge in [-0.15, -0.1) is 0 Å². The molecule has 0 aromatic heterocycles. The molecule has 0 bridgehead atoms. The van der Waals surface area contributed by atoms with Gasteiger partial charge in [-0.25, -0.2) is 18.1 Å². The largest absolute Gasteiger partial charge is 0.443 e. The van der Waals surface area contributed by atoms with Crippen LogP contribution < -0.4 is 0 Å². The number of hydrogen-bond donors (Lipinski definition) is 0. The monoisotopic (exact) mass is 513 g/mol. The van der Waals surface area contributed by atoms with E-state index in [1.54, 1.807) is 91.9 Å². The van der Waals surface area contributed by atoms with Crippen molar-refractivity contribution >= 4 is 44.4 Å². The lowest BCUT2D eigenvalue weighted by Crippen LogP contribution is -2.70. The highest BCUT2D eigenvalue weighted by Gasteiger charge is 2.70. The van der Waals surface area contributed by atoms with Crippen LogP contribution in [0.1, 0.15) is 32.4 Å². The quantitative estimate of drug-likeness (QED) is 0.351. The predicted octanol–water partition coefficient (Wildman–Crippen LogP) is 4.11. The summed E-state index contributed by atoms with van der Waals surface area (Å²) in [4.78, 5) is 26.7. The number of sulfone groups is 1. The Labute approximate surface area is 177 Å². The highest BCUT2D eigenvalue weighted by Crippen LogP contribution is 2.55. The van der Waals surface area contributed by atoms with Gasteiger partial charge in [0.15, 0.2) is 0 Å². The van der Waals surface area contributed by atoms with Crippen molar-refractivity contribution in [3.05, 3.63) is 66.2 Å². The molecule has 6 nitrogen and oxygen atoms in total. The Hall–Kier alpha value is -1.94. The fraction of sp³-hybridized carbons (Fsp3) is 0.300. The smallest absolute Gasteiger partial charge is 0.417 e. The lowest BCUT2D eigenvalue weighted by atomic mass is 9.93. The van der Waals surface area contributed by atoms with Crippen molar-refractivity contribution in [1.29, 1.82) is 0 Å². The van der Waals surface area contributed by atoms with Crippen LogP contribution in [0, 0.1) is 0 Å². The maximum Gasteiger partial charge on any atom is 0.417 e. The van der Waals surface area contributed by atoms with E-state index in [4.69, 9.17) is 4.74 Å². The Bertz CT molecular complexity index is 1000. The lowest BCUT2D eigenvalue weighted by molar-refractivity contribution is -0.144. The number of halogens is 1. The normalized spacial score (nSPS) is 22.5. The molecule has 0 radical (unpaired) electrons.